The number of carbonyl (C=O) groups is 1. The van der Waals surface area contributed by atoms with Crippen LogP contribution in [0.4, 0.5) is 0 Å². The monoisotopic (exact) mass is 247 g/mol. The normalized spacial score (nSPS) is 11.2. The molecule has 90 valence electrons. The van der Waals surface area contributed by atoms with Crippen molar-refractivity contribution in [2.24, 2.45) is 5.73 Å². The highest BCUT2D eigenvalue weighted by atomic mass is 35.5. The number of carboxylic acid groups (broad SMARTS) is 1. The number of halogens is 1. The predicted molar refractivity (Wildman–Crippen MR) is 61.4 cm³/mol. The fraction of sp³-hybridized carbons (Fsp3) is 0.300. The van der Waals surface area contributed by atoms with Crippen molar-refractivity contribution in [1.82, 2.24) is 0 Å². The van der Waals surface area contributed by atoms with Crippen molar-refractivity contribution in [3.05, 3.63) is 23.8 Å². The predicted octanol–water partition coefficient (Wildman–Crippen LogP) is 1.21. The van der Waals surface area contributed by atoms with Crippen molar-refractivity contribution >= 4 is 18.4 Å². The van der Waals surface area contributed by atoms with Crippen LogP contribution in [0.1, 0.15) is 11.6 Å². The molecule has 0 aromatic heterocycles. The van der Waals surface area contributed by atoms with E-state index in [2.05, 4.69) is 0 Å². The van der Waals surface area contributed by atoms with Crippen molar-refractivity contribution in [1.29, 1.82) is 0 Å². The zero-order valence-corrected chi connectivity index (χ0v) is 9.78. The van der Waals surface area contributed by atoms with Crippen molar-refractivity contribution in [2.75, 3.05) is 14.2 Å². The number of carboxylic acids is 1. The standard InChI is InChI=1S/C10H13NO4.ClH/c1-14-6-3-4-7(8(5-6)15-2)9(11)10(12)13;/h3-5,9H,11H2,1-2H3,(H,12,13);1H. The quantitative estimate of drug-likeness (QED) is 0.836. The third-order valence-electron chi connectivity index (χ3n) is 2.04. The van der Waals surface area contributed by atoms with E-state index in [1.807, 2.05) is 0 Å². The summed E-state index contributed by atoms with van der Waals surface area (Å²) in [6, 6.07) is 3.72. The zero-order valence-electron chi connectivity index (χ0n) is 8.97. The SMILES string of the molecule is COc1ccc(C(N)C(=O)O)c(OC)c1.Cl. The molecular formula is C10H14ClNO4. The van der Waals surface area contributed by atoms with Gasteiger partial charge in [-0.05, 0) is 12.1 Å². The zero-order chi connectivity index (χ0) is 11.4. The first kappa shape index (κ1) is 14.5. The second-order valence-electron chi connectivity index (χ2n) is 2.92. The first-order chi connectivity index (χ1) is 7.10. The molecule has 6 heteroatoms. The Kier molecular flexibility index (Phi) is 5.63. The van der Waals surface area contributed by atoms with Gasteiger partial charge in [0.25, 0.3) is 0 Å². The Morgan fingerprint density at radius 2 is 2.00 bits per heavy atom. The van der Waals surface area contributed by atoms with E-state index in [-0.39, 0.29) is 12.4 Å². The largest absolute Gasteiger partial charge is 0.497 e. The molecule has 0 aliphatic carbocycles. The maximum Gasteiger partial charge on any atom is 0.325 e. The van der Waals surface area contributed by atoms with Crippen molar-refractivity contribution in [3.8, 4) is 11.5 Å². The van der Waals surface area contributed by atoms with Crippen molar-refractivity contribution in [3.63, 3.8) is 0 Å². The molecule has 0 spiro atoms. The molecule has 1 unspecified atom stereocenters. The lowest BCUT2D eigenvalue weighted by atomic mass is 10.1. The lowest BCUT2D eigenvalue weighted by molar-refractivity contribution is -0.138. The molecule has 0 amide bonds. The fourth-order valence-electron chi connectivity index (χ4n) is 1.21. The molecule has 0 aliphatic heterocycles. The molecule has 3 N–H and O–H groups in total. The van der Waals surface area contributed by atoms with Gasteiger partial charge in [-0.25, -0.2) is 0 Å². The molecule has 5 nitrogen and oxygen atoms in total. The summed E-state index contributed by atoms with van der Waals surface area (Å²) in [4.78, 5) is 10.7. The Balaban J connectivity index is 0.00000225. The van der Waals surface area contributed by atoms with Gasteiger partial charge in [0.15, 0.2) is 0 Å². The lowest BCUT2D eigenvalue weighted by Gasteiger charge is -2.13. The van der Waals surface area contributed by atoms with Gasteiger partial charge in [-0.1, -0.05) is 0 Å². The number of nitrogens with two attached hydrogens (primary N) is 1. The molecule has 0 fully saturated rings. The van der Waals surface area contributed by atoms with E-state index in [9.17, 15) is 4.79 Å². The number of methoxy groups -OCH3 is 2. The van der Waals surface area contributed by atoms with Crippen LogP contribution in [0.5, 0.6) is 11.5 Å². The summed E-state index contributed by atoms with van der Waals surface area (Å²) in [6.45, 7) is 0. The molecule has 1 rings (SSSR count). The topological polar surface area (TPSA) is 81.8 Å². The summed E-state index contributed by atoms with van der Waals surface area (Å²) in [5.74, 6) is -0.101. The summed E-state index contributed by atoms with van der Waals surface area (Å²) in [5.41, 5.74) is 5.91. The molecule has 0 saturated heterocycles. The third kappa shape index (κ3) is 3.01. The van der Waals surface area contributed by atoms with Gasteiger partial charge in [0.2, 0.25) is 0 Å². The minimum Gasteiger partial charge on any atom is -0.497 e. The second-order valence-corrected chi connectivity index (χ2v) is 2.92. The van der Waals surface area contributed by atoms with Crippen LogP contribution in [0.25, 0.3) is 0 Å². The summed E-state index contributed by atoms with van der Waals surface area (Å²) in [7, 11) is 2.97. The molecule has 0 heterocycles. The fourth-order valence-corrected chi connectivity index (χ4v) is 1.21. The average Bonchev–Trinajstić information content (AvgIpc) is 2.27. The summed E-state index contributed by atoms with van der Waals surface area (Å²) < 4.78 is 10.0. The molecule has 1 aromatic rings. The van der Waals surface area contributed by atoms with Crippen LogP contribution < -0.4 is 15.2 Å². The summed E-state index contributed by atoms with van der Waals surface area (Å²) in [6.07, 6.45) is 0. The van der Waals surface area contributed by atoms with E-state index in [1.165, 1.54) is 14.2 Å². The van der Waals surface area contributed by atoms with Gasteiger partial charge in [-0.2, -0.15) is 0 Å². The first-order valence-electron chi connectivity index (χ1n) is 4.30. The van der Waals surface area contributed by atoms with Crippen LogP contribution in [0.2, 0.25) is 0 Å². The van der Waals surface area contributed by atoms with E-state index >= 15 is 0 Å². The molecule has 0 aliphatic rings. The number of hydrogen-bond acceptors (Lipinski definition) is 4. The number of ether oxygens (including phenoxy) is 2. The average molecular weight is 248 g/mol. The molecule has 0 radical (unpaired) electrons. The van der Waals surface area contributed by atoms with Gasteiger partial charge in [-0.15, -0.1) is 12.4 Å². The van der Waals surface area contributed by atoms with E-state index in [0.29, 0.717) is 17.1 Å². The van der Waals surface area contributed by atoms with E-state index < -0.39 is 12.0 Å². The van der Waals surface area contributed by atoms with E-state index in [1.54, 1.807) is 18.2 Å². The highest BCUT2D eigenvalue weighted by Crippen LogP contribution is 2.28. The van der Waals surface area contributed by atoms with Crippen molar-refractivity contribution in [2.45, 2.75) is 6.04 Å². The Morgan fingerprint density at radius 1 is 1.38 bits per heavy atom. The number of benzene rings is 1. The Morgan fingerprint density at radius 3 is 2.44 bits per heavy atom. The van der Waals surface area contributed by atoms with Crippen molar-refractivity contribution < 1.29 is 19.4 Å². The number of rotatable bonds is 4. The van der Waals surface area contributed by atoms with E-state index in [4.69, 9.17) is 20.3 Å². The van der Waals surface area contributed by atoms with Crippen LogP contribution in [0.15, 0.2) is 18.2 Å². The van der Waals surface area contributed by atoms with Crippen LogP contribution >= 0.6 is 12.4 Å². The Labute approximate surface area is 99.6 Å². The maximum absolute atomic E-state index is 10.7. The molecule has 16 heavy (non-hydrogen) atoms. The van der Waals surface area contributed by atoms with Crippen LogP contribution in [-0.4, -0.2) is 25.3 Å². The summed E-state index contributed by atoms with van der Waals surface area (Å²) in [5, 5.41) is 8.77. The number of aliphatic carboxylic acids is 1. The van der Waals surface area contributed by atoms with Crippen LogP contribution in [-0.2, 0) is 4.79 Å². The molecular weight excluding hydrogens is 234 g/mol. The van der Waals surface area contributed by atoms with Crippen LogP contribution in [0, 0.1) is 0 Å². The molecule has 0 saturated carbocycles. The third-order valence-corrected chi connectivity index (χ3v) is 2.04. The van der Waals surface area contributed by atoms with Gasteiger partial charge in [0.05, 0.1) is 14.2 Å². The smallest absolute Gasteiger partial charge is 0.325 e. The number of hydrogen-bond donors (Lipinski definition) is 2. The minimum absolute atomic E-state index is 0. The molecule has 1 aromatic carbocycles. The van der Waals surface area contributed by atoms with E-state index in [0.717, 1.165) is 0 Å². The Hall–Kier alpha value is -1.46. The van der Waals surface area contributed by atoms with Gasteiger partial charge in [-0.3, -0.25) is 4.79 Å². The van der Waals surface area contributed by atoms with Gasteiger partial charge >= 0.3 is 5.97 Å². The molecule has 1 atom stereocenters. The first-order valence-corrected chi connectivity index (χ1v) is 4.30. The highest BCUT2D eigenvalue weighted by molar-refractivity contribution is 5.85. The Bertz CT molecular complexity index is 370. The maximum atomic E-state index is 10.7. The molecule has 0 bridgehead atoms. The van der Waals surface area contributed by atoms with Gasteiger partial charge in [0.1, 0.15) is 17.5 Å². The minimum atomic E-state index is -1.10. The second kappa shape index (κ2) is 6.19. The highest BCUT2D eigenvalue weighted by Gasteiger charge is 2.18. The van der Waals surface area contributed by atoms with Gasteiger partial charge in [0, 0.05) is 11.6 Å². The van der Waals surface area contributed by atoms with Gasteiger partial charge < -0.3 is 20.3 Å². The van der Waals surface area contributed by atoms with Crippen LogP contribution in [0.3, 0.4) is 0 Å². The lowest BCUT2D eigenvalue weighted by Crippen LogP contribution is -2.21. The summed E-state index contributed by atoms with van der Waals surface area (Å²) >= 11 is 0.